The molecule has 0 aliphatic heterocycles. The Morgan fingerprint density at radius 1 is 1.24 bits per heavy atom. The van der Waals surface area contributed by atoms with E-state index in [4.69, 9.17) is 5.26 Å². The number of hydrogen-bond donors (Lipinski definition) is 0. The van der Waals surface area contributed by atoms with Crippen molar-refractivity contribution in [2.75, 3.05) is 0 Å². The standard InChI is InChI=1S/C19H17FN4O/c1-12-18(16-8-15(9-21)19(25)23(3)11-16)13(2)24(22-12)10-14-4-6-17(20)7-5-14/h4-8,11H,10H2,1-3H3. The molecule has 1 aromatic carbocycles. The van der Waals surface area contributed by atoms with Crippen LogP contribution in [-0.2, 0) is 13.6 Å². The van der Waals surface area contributed by atoms with Crippen molar-refractivity contribution in [1.29, 1.82) is 5.26 Å². The minimum Gasteiger partial charge on any atom is -0.317 e. The van der Waals surface area contributed by atoms with Crippen LogP contribution < -0.4 is 5.56 Å². The molecule has 25 heavy (non-hydrogen) atoms. The van der Waals surface area contributed by atoms with Gasteiger partial charge in [-0.25, -0.2) is 4.39 Å². The second-order valence-corrected chi connectivity index (χ2v) is 6.00. The molecule has 0 spiro atoms. The van der Waals surface area contributed by atoms with Gasteiger partial charge in [-0.1, -0.05) is 12.1 Å². The molecule has 0 atom stereocenters. The summed E-state index contributed by atoms with van der Waals surface area (Å²) < 4.78 is 16.3. The highest BCUT2D eigenvalue weighted by Gasteiger charge is 2.16. The van der Waals surface area contributed by atoms with E-state index >= 15 is 0 Å². The quantitative estimate of drug-likeness (QED) is 0.739. The van der Waals surface area contributed by atoms with Crippen molar-refractivity contribution in [3.8, 4) is 17.2 Å². The minimum absolute atomic E-state index is 0.102. The largest absolute Gasteiger partial charge is 0.317 e. The van der Waals surface area contributed by atoms with Gasteiger partial charge >= 0.3 is 0 Å². The van der Waals surface area contributed by atoms with Crippen LogP contribution in [0.2, 0.25) is 0 Å². The van der Waals surface area contributed by atoms with Gasteiger partial charge in [0.1, 0.15) is 17.4 Å². The van der Waals surface area contributed by atoms with Gasteiger partial charge in [0.2, 0.25) is 0 Å². The predicted octanol–water partition coefficient (Wildman–Crippen LogP) is 2.92. The first-order chi connectivity index (χ1) is 11.9. The first-order valence-corrected chi connectivity index (χ1v) is 7.80. The first kappa shape index (κ1) is 16.7. The van der Waals surface area contributed by atoms with E-state index in [0.717, 1.165) is 28.1 Å². The summed E-state index contributed by atoms with van der Waals surface area (Å²) in [5, 5.41) is 13.7. The summed E-state index contributed by atoms with van der Waals surface area (Å²) in [7, 11) is 1.63. The van der Waals surface area contributed by atoms with Gasteiger partial charge in [-0.15, -0.1) is 0 Å². The molecule has 0 bridgehead atoms. The highest BCUT2D eigenvalue weighted by atomic mass is 19.1. The number of nitrogens with zero attached hydrogens (tertiary/aromatic N) is 4. The van der Waals surface area contributed by atoms with Crippen molar-refractivity contribution >= 4 is 0 Å². The molecule has 5 nitrogen and oxygen atoms in total. The van der Waals surface area contributed by atoms with Crippen LogP contribution in [0.25, 0.3) is 11.1 Å². The number of pyridine rings is 1. The van der Waals surface area contributed by atoms with Gasteiger partial charge in [-0.05, 0) is 37.6 Å². The monoisotopic (exact) mass is 336 g/mol. The summed E-state index contributed by atoms with van der Waals surface area (Å²) in [5.41, 5.74) is 4.13. The van der Waals surface area contributed by atoms with Crippen LogP contribution in [0.1, 0.15) is 22.5 Å². The van der Waals surface area contributed by atoms with Gasteiger partial charge in [0.25, 0.3) is 5.56 Å². The van der Waals surface area contributed by atoms with Crippen LogP contribution in [0, 0.1) is 31.0 Å². The third-order valence-electron chi connectivity index (χ3n) is 4.22. The lowest BCUT2D eigenvalue weighted by Gasteiger charge is -2.08. The summed E-state index contributed by atoms with van der Waals surface area (Å²) in [5.74, 6) is -0.271. The molecule has 6 heteroatoms. The Morgan fingerprint density at radius 2 is 1.92 bits per heavy atom. The van der Waals surface area contributed by atoms with E-state index in [2.05, 4.69) is 5.10 Å². The minimum atomic E-state index is -0.319. The molecule has 0 aliphatic rings. The van der Waals surface area contributed by atoms with Crippen LogP contribution in [-0.4, -0.2) is 14.3 Å². The lowest BCUT2D eigenvalue weighted by atomic mass is 10.0. The third kappa shape index (κ3) is 3.09. The summed E-state index contributed by atoms with van der Waals surface area (Å²) in [6, 6.07) is 9.84. The lowest BCUT2D eigenvalue weighted by molar-refractivity contribution is 0.622. The highest BCUT2D eigenvalue weighted by molar-refractivity contribution is 5.69. The average molecular weight is 336 g/mol. The second kappa shape index (κ2) is 6.36. The molecule has 0 N–H and O–H groups in total. The fraction of sp³-hybridized carbons (Fsp3) is 0.211. The summed E-state index contributed by atoms with van der Waals surface area (Å²) in [6.45, 7) is 4.35. The average Bonchev–Trinajstić information content (AvgIpc) is 2.86. The molecular weight excluding hydrogens is 319 g/mol. The number of aryl methyl sites for hydroxylation is 2. The van der Waals surface area contributed by atoms with Crippen molar-refractivity contribution in [2.45, 2.75) is 20.4 Å². The van der Waals surface area contributed by atoms with E-state index in [1.54, 1.807) is 31.4 Å². The molecule has 0 unspecified atom stereocenters. The van der Waals surface area contributed by atoms with E-state index in [-0.39, 0.29) is 16.9 Å². The van der Waals surface area contributed by atoms with Crippen molar-refractivity contribution in [2.24, 2.45) is 7.05 Å². The number of hydrogen-bond acceptors (Lipinski definition) is 3. The molecule has 0 amide bonds. The Kier molecular flexibility index (Phi) is 4.24. The molecule has 126 valence electrons. The van der Waals surface area contributed by atoms with E-state index in [0.29, 0.717) is 6.54 Å². The molecule has 0 aliphatic carbocycles. The molecule has 0 saturated carbocycles. The molecule has 0 fully saturated rings. The van der Waals surface area contributed by atoms with Crippen LogP contribution >= 0.6 is 0 Å². The van der Waals surface area contributed by atoms with Gasteiger partial charge in [0.15, 0.2) is 0 Å². The molecule has 3 aromatic rings. The van der Waals surface area contributed by atoms with Gasteiger partial charge < -0.3 is 4.57 Å². The molecular formula is C19H17FN4O. The maximum absolute atomic E-state index is 13.1. The summed E-state index contributed by atoms with van der Waals surface area (Å²) in [4.78, 5) is 11.9. The van der Waals surface area contributed by atoms with E-state index in [1.165, 1.54) is 16.7 Å². The lowest BCUT2D eigenvalue weighted by Crippen LogP contribution is -2.19. The van der Waals surface area contributed by atoms with Gasteiger partial charge in [0, 0.05) is 30.1 Å². The Morgan fingerprint density at radius 3 is 2.56 bits per heavy atom. The Hall–Kier alpha value is -3.20. The van der Waals surface area contributed by atoms with Crippen molar-refractivity contribution < 1.29 is 4.39 Å². The molecule has 0 saturated heterocycles. The second-order valence-electron chi connectivity index (χ2n) is 6.00. The molecule has 0 radical (unpaired) electrons. The van der Waals surface area contributed by atoms with Crippen LogP contribution in [0.5, 0.6) is 0 Å². The number of halogens is 1. The van der Waals surface area contributed by atoms with E-state index in [1.807, 2.05) is 24.6 Å². The number of nitriles is 1. The Bertz CT molecular complexity index is 1040. The zero-order chi connectivity index (χ0) is 18.1. The van der Waals surface area contributed by atoms with Crippen molar-refractivity contribution in [3.63, 3.8) is 0 Å². The molecule has 2 heterocycles. The van der Waals surface area contributed by atoms with Crippen molar-refractivity contribution in [1.82, 2.24) is 14.3 Å². The normalized spacial score (nSPS) is 10.7. The molecule has 2 aromatic heterocycles. The summed E-state index contributed by atoms with van der Waals surface area (Å²) >= 11 is 0. The smallest absolute Gasteiger partial charge is 0.268 e. The number of aromatic nitrogens is 3. The van der Waals surface area contributed by atoms with Crippen LogP contribution in [0.4, 0.5) is 4.39 Å². The fourth-order valence-corrected chi connectivity index (χ4v) is 2.96. The van der Waals surface area contributed by atoms with E-state index < -0.39 is 0 Å². The van der Waals surface area contributed by atoms with Crippen LogP contribution in [0.15, 0.2) is 41.3 Å². The van der Waals surface area contributed by atoms with Gasteiger partial charge in [0.05, 0.1) is 12.2 Å². The number of benzene rings is 1. The van der Waals surface area contributed by atoms with E-state index in [9.17, 15) is 9.18 Å². The molecule has 3 rings (SSSR count). The fourth-order valence-electron chi connectivity index (χ4n) is 2.96. The zero-order valence-corrected chi connectivity index (χ0v) is 14.2. The maximum atomic E-state index is 13.1. The SMILES string of the molecule is Cc1nn(Cc2ccc(F)cc2)c(C)c1-c1cc(C#N)c(=O)n(C)c1. The van der Waals surface area contributed by atoms with Gasteiger partial charge in [-0.3, -0.25) is 9.48 Å². The maximum Gasteiger partial charge on any atom is 0.268 e. The number of rotatable bonds is 3. The summed E-state index contributed by atoms with van der Waals surface area (Å²) in [6.07, 6.45) is 1.71. The zero-order valence-electron chi connectivity index (χ0n) is 14.2. The van der Waals surface area contributed by atoms with Gasteiger partial charge in [-0.2, -0.15) is 10.4 Å². The first-order valence-electron chi connectivity index (χ1n) is 7.80. The van der Waals surface area contributed by atoms with Crippen molar-refractivity contribution in [3.05, 3.63) is 75.2 Å². The Balaban J connectivity index is 2.06. The Labute approximate surface area is 144 Å². The predicted molar refractivity (Wildman–Crippen MR) is 92.6 cm³/mol. The third-order valence-corrected chi connectivity index (χ3v) is 4.22. The highest BCUT2D eigenvalue weighted by Crippen LogP contribution is 2.27. The van der Waals surface area contributed by atoms with Crippen LogP contribution in [0.3, 0.4) is 0 Å². The topological polar surface area (TPSA) is 63.6 Å².